The number of nitro groups is 3. The van der Waals surface area contributed by atoms with Gasteiger partial charge in [-0.2, -0.15) is 4.68 Å². The summed E-state index contributed by atoms with van der Waals surface area (Å²) in [4.78, 5) is 29.3. The lowest BCUT2D eigenvalue weighted by molar-refractivity contribution is -0.440. The van der Waals surface area contributed by atoms with E-state index in [4.69, 9.17) is 0 Å². The molecule has 102 valence electrons. The largest absolute Gasteiger partial charge is 0.424 e. The molecule has 0 aliphatic carbocycles. The number of nitro benzene ring substituents is 3. The Balaban J connectivity index is 2.86. The highest BCUT2D eigenvalue weighted by molar-refractivity contribution is 5.73. The summed E-state index contributed by atoms with van der Waals surface area (Å²) in [6, 6.07) is 1.74. The smallest absolute Gasteiger partial charge is 0.258 e. The fraction of sp³-hybridized carbons (Fsp3) is 0. The second-order valence-electron chi connectivity index (χ2n) is 3.33. The second kappa shape index (κ2) is 4.63. The molecule has 0 N–H and O–H groups in total. The van der Waals surface area contributed by atoms with Crippen molar-refractivity contribution in [1.82, 2.24) is 20.2 Å². The highest BCUT2D eigenvalue weighted by Crippen LogP contribution is 2.40. The van der Waals surface area contributed by atoms with Crippen LogP contribution < -0.4 is 0 Å². The maximum atomic E-state index is 11.0. The van der Waals surface area contributed by atoms with Gasteiger partial charge in [0.15, 0.2) is 5.69 Å². The molecule has 20 heavy (non-hydrogen) atoms. The van der Waals surface area contributed by atoms with Gasteiger partial charge in [-0.05, 0) is 16.5 Å². The van der Waals surface area contributed by atoms with Gasteiger partial charge < -0.3 is 0 Å². The Bertz CT molecular complexity index is 711. The fourth-order valence-electron chi connectivity index (χ4n) is 1.52. The van der Waals surface area contributed by atoms with E-state index in [-0.39, 0.29) is 5.69 Å². The molecule has 0 fully saturated rings. The minimum absolute atomic E-state index is 0.350. The van der Waals surface area contributed by atoms with Gasteiger partial charge in [-0.1, -0.05) is 0 Å². The zero-order valence-corrected chi connectivity index (χ0v) is 9.31. The zero-order chi connectivity index (χ0) is 14.9. The third-order valence-electron chi connectivity index (χ3n) is 2.27. The van der Waals surface area contributed by atoms with Crippen LogP contribution in [-0.2, 0) is 0 Å². The molecule has 0 spiro atoms. The maximum absolute atomic E-state index is 11.0. The third kappa shape index (κ3) is 1.98. The van der Waals surface area contributed by atoms with Crippen LogP contribution >= 0.6 is 0 Å². The Kier molecular flexibility index (Phi) is 3.00. The molecule has 0 bridgehead atoms. The van der Waals surface area contributed by atoms with Crippen LogP contribution in [0.4, 0.5) is 17.1 Å². The first-order valence-electron chi connectivity index (χ1n) is 4.77. The summed E-state index contributed by atoms with van der Waals surface area (Å²) in [5.74, 6) is 0. The van der Waals surface area contributed by atoms with Crippen LogP contribution in [0, 0.1) is 30.3 Å². The van der Waals surface area contributed by atoms with E-state index in [0.717, 1.165) is 23.1 Å². The van der Waals surface area contributed by atoms with Gasteiger partial charge in [-0.25, -0.2) is 0 Å². The number of hydrogen-bond acceptors (Lipinski definition) is 9. The lowest BCUT2D eigenvalue weighted by atomic mass is 10.2. The first kappa shape index (κ1) is 12.9. The molecule has 0 aliphatic rings. The Morgan fingerprint density at radius 3 is 2.05 bits per heavy atom. The van der Waals surface area contributed by atoms with Gasteiger partial charge in [0.2, 0.25) is 0 Å². The highest BCUT2D eigenvalue weighted by atomic mass is 16.6. The molecule has 0 saturated carbocycles. The molecular weight excluding hydrogens is 278 g/mol. The average Bonchev–Trinajstić information content (AvgIpc) is 2.90. The SMILES string of the molecule is O=[N+]([O-])c1ccc(-n2cnnn2)c([N+](=O)[O-])c1[N+](=O)[O-]. The van der Waals surface area contributed by atoms with Gasteiger partial charge in [0.05, 0.1) is 14.8 Å². The molecule has 0 amide bonds. The van der Waals surface area contributed by atoms with Gasteiger partial charge in [-0.3, -0.25) is 30.3 Å². The minimum Gasteiger partial charge on any atom is -0.258 e. The molecule has 1 aromatic carbocycles. The zero-order valence-electron chi connectivity index (χ0n) is 9.31. The predicted octanol–water partition coefficient (Wildman–Crippen LogP) is 0.387. The van der Waals surface area contributed by atoms with E-state index in [9.17, 15) is 30.3 Å². The number of aromatic nitrogens is 4. The van der Waals surface area contributed by atoms with E-state index in [0.29, 0.717) is 0 Å². The average molecular weight is 281 g/mol. The van der Waals surface area contributed by atoms with E-state index in [2.05, 4.69) is 15.5 Å². The summed E-state index contributed by atoms with van der Waals surface area (Å²) in [6.07, 6.45) is 0.970. The summed E-state index contributed by atoms with van der Waals surface area (Å²) in [5.41, 5.74) is -3.62. The molecule has 1 heterocycles. The summed E-state index contributed by atoms with van der Waals surface area (Å²) in [5, 5.41) is 42.5. The van der Waals surface area contributed by atoms with Crippen LogP contribution in [-0.4, -0.2) is 35.0 Å². The Hall–Kier alpha value is -3.51. The molecule has 0 unspecified atom stereocenters. The van der Waals surface area contributed by atoms with E-state index in [1.165, 1.54) is 0 Å². The van der Waals surface area contributed by atoms with Crippen LogP contribution in [0.3, 0.4) is 0 Å². The quantitative estimate of drug-likeness (QED) is 0.566. The lowest BCUT2D eigenvalue weighted by Gasteiger charge is -2.02. The van der Waals surface area contributed by atoms with Crippen LogP contribution in [0.5, 0.6) is 0 Å². The number of benzene rings is 1. The van der Waals surface area contributed by atoms with Crippen molar-refractivity contribution in [2.45, 2.75) is 0 Å². The fourth-order valence-corrected chi connectivity index (χ4v) is 1.52. The van der Waals surface area contributed by atoms with Crippen molar-refractivity contribution in [3.63, 3.8) is 0 Å². The van der Waals surface area contributed by atoms with Crippen LogP contribution in [0.2, 0.25) is 0 Å². The van der Waals surface area contributed by atoms with Crippen molar-refractivity contribution in [3.05, 3.63) is 48.8 Å². The minimum atomic E-state index is -1.23. The molecule has 0 aliphatic heterocycles. The van der Waals surface area contributed by atoms with E-state index in [1.807, 2.05) is 0 Å². The van der Waals surface area contributed by atoms with Crippen molar-refractivity contribution < 1.29 is 14.8 Å². The second-order valence-corrected chi connectivity index (χ2v) is 3.33. The molecule has 0 saturated heterocycles. The Morgan fingerprint density at radius 2 is 1.60 bits per heavy atom. The normalized spacial score (nSPS) is 10.2. The van der Waals surface area contributed by atoms with Crippen molar-refractivity contribution >= 4 is 17.1 Å². The number of nitrogens with zero attached hydrogens (tertiary/aromatic N) is 7. The van der Waals surface area contributed by atoms with Gasteiger partial charge in [0.1, 0.15) is 6.33 Å². The van der Waals surface area contributed by atoms with Crippen molar-refractivity contribution in [3.8, 4) is 5.69 Å². The van der Waals surface area contributed by atoms with E-state index in [1.54, 1.807) is 0 Å². The Labute approximate surface area is 107 Å². The molecule has 13 nitrogen and oxygen atoms in total. The molecule has 1 aromatic heterocycles. The van der Waals surface area contributed by atoms with E-state index >= 15 is 0 Å². The summed E-state index contributed by atoms with van der Waals surface area (Å²) in [7, 11) is 0. The molecule has 2 aromatic rings. The van der Waals surface area contributed by atoms with Crippen molar-refractivity contribution in [2.24, 2.45) is 0 Å². The van der Waals surface area contributed by atoms with Crippen LogP contribution in [0.25, 0.3) is 5.69 Å². The maximum Gasteiger partial charge on any atom is 0.424 e. The number of hydrogen-bond donors (Lipinski definition) is 0. The summed E-state index contributed by atoms with van der Waals surface area (Å²) in [6.45, 7) is 0. The lowest BCUT2D eigenvalue weighted by Crippen LogP contribution is -2.07. The highest BCUT2D eigenvalue weighted by Gasteiger charge is 2.39. The summed E-state index contributed by atoms with van der Waals surface area (Å²) >= 11 is 0. The predicted molar refractivity (Wildman–Crippen MR) is 59.1 cm³/mol. The topological polar surface area (TPSA) is 173 Å². The summed E-state index contributed by atoms with van der Waals surface area (Å²) < 4.78 is 0.800. The number of rotatable bonds is 4. The molecule has 2 rings (SSSR count). The molecular formula is C7H3N7O6. The van der Waals surface area contributed by atoms with Crippen LogP contribution in [0.15, 0.2) is 18.5 Å². The Morgan fingerprint density at radius 1 is 0.950 bits per heavy atom. The van der Waals surface area contributed by atoms with Gasteiger partial charge in [-0.15, -0.1) is 5.10 Å². The van der Waals surface area contributed by atoms with Crippen LogP contribution in [0.1, 0.15) is 0 Å². The van der Waals surface area contributed by atoms with Gasteiger partial charge in [0.25, 0.3) is 0 Å². The van der Waals surface area contributed by atoms with E-state index < -0.39 is 31.8 Å². The standard InChI is InChI=1S/C7H3N7O6/c15-12(16)5-2-1-4(11-3-8-9-10-11)6(13(17)18)7(5)14(19)20/h1-3H. The molecule has 0 atom stereocenters. The molecule has 13 heteroatoms. The van der Waals surface area contributed by atoms with Crippen molar-refractivity contribution in [2.75, 3.05) is 0 Å². The first-order chi connectivity index (χ1) is 9.43. The monoisotopic (exact) mass is 281 g/mol. The van der Waals surface area contributed by atoms with Gasteiger partial charge >= 0.3 is 17.1 Å². The third-order valence-corrected chi connectivity index (χ3v) is 2.27. The molecule has 0 radical (unpaired) electrons. The number of tetrazole rings is 1. The van der Waals surface area contributed by atoms with Crippen molar-refractivity contribution in [1.29, 1.82) is 0 Å². The first-order valence-corrected chi connectivity index (χ1v) is 4.77. The van der Waals surface area contributed by atoms with Gasteiger partial charge in [0, 0.05) is 6.07 Å².